The SMILES string of the molecule is COCCCNC(C)c1cccc(F)c1. The molecule has 1 aromatic carbocycles. The van der Waals surface area contributed by atoms with Crippen LogP contribution in [0.15, 0.2) is 24.3 Å². The second-order valence-corrected chi connectivity index (χ2v) is 3.58. The average molecular weight is 211 g/mol. The van der Waals surface area contributed by atoms with Crippen molar-refractivity contribution in [2.75, 3.05) is 20.3 Å². The molecule has 1 atom stereocenters. The minimum Gasteiger partial charge on any atom is -0.385 e. The molecule has 0 fully saturated rings. The number of ether oxygens (including phenoxy) is 1. The number of hydrogen-bond donors (Lipinski definition) is 1. The second kappa shape index (κ2) is 6.53. The Morgan fingerprint density at radius 2 is 2.27 bits per heavy atom. The fourth-order valence-electron chi connectivity index (χ4n) is 1.43. The van der Waals surface area contributed by atoms with Gasteiger partial charge < -0.3 is 10.1 Å². The molecule has 0 heterocycles. The van der Waals surface area contributed by atoms with Crippen LogP contribution in [0.3, 0.4) is 0 Å². The zero-order chi connectivity index (χ0) is 11.1. The van der Waals surface area contributed by atoms with Gasteiger partial charge >= 0.3 is 0 Å². The first kappa shape index (κ1) is 12.1. The van der Waals surface area contributed by atoms with E-state index in [0.717, 1.165) is 25.1 Å². The molecule has 1 aromatic rings. The summed E-state index contributed by atoms with van der Waals surface area (Å²) in [5.41, 5.74) is 0.979. The van der Waals surface area contributed by atoms with Gasteiger partial charge in [0, 0.05) is 19.8 Å². The summed E-state index contributed by atoms with van der Waals surface area (Å²) in [7, 11) is 1.69. The van der Waals surface area contributed by atoms with Crippen molar-refractivity contribution in [2.45, 2.75) is 19.4 Å². The minimum atomic E-state index is -0.182. The summed E-state index contributed by atoms with van der Waals surface area (Å²) in [6.45, 7) is 3.66. The van der Waals surface area contributed by atoms with Crippen molar-refractivity contribution in [3.05, 3.63) is 35.6 Å². The van der Waals surface area contributed by atoms with Gasteiger partial charge in [-0.25, -0.2) is 4.39 Å². The van der Waals surface area contributed by atoms with Crippen LogP contribution in [0.1, 0.15) is 24.9 Å². The lowest BCUT2D eigenvalue weighted by Crippen LogP contribution is -2.20. The third-order valence-corrected chi connectivity index (χ3v) is 2.32. The van der Waals surface area contributed by atoms with Gasteiger partial charge in [-0.2, -0.15) is 0 Å². The Balaban J connectivity index is 2.36. The lowest BCUT2D eigenvalue weighted by Gasteiger charge is -2.13. The standard InChI is InChI=1S/C12H18FNO/c1-10(14-7-4-8-15-2)11-5-3-6-12(13)9-11/h3,5-6,9-10,14H,4,7-8H2,1-2H3. The van der Waals surface area contributed by atoms with Crippen LogP contribution >= 0.6 is 0 Å². The molecule has 0 saturated carbocycles. The first-order chi connectivity index (χ1) is 7.24. The summed E-state index contributed by atoms with van der Waals surface area (Å²) in [4.78, 5) is 0. The van der Waals surface area contributed by atoms with Crippen molar-refractivity contribution in [3.63, 3.8) is 0 Å². The number of halogens is 1. The van der Waals surface area contributed by atoms with Gasteiger partial charge in [0.05, 0.1) is 0 Å². The molecule has 1 rings (SSSR count). The maximum Gasteiger partial charge on any atom is 0.123 e. The van der Waals surface area contributed by atoms with Crippen molar-refractivity contribution < 1.29 is 9.13 Å². The van der Waals surface area contributed by atoms with E-state index < -0.39 is 0 Å². The molecule has 15 heavy (non-hydrogen) atoms. The molecule has 2 nitrogen and oxygen atoms in total. The van der Waals surface area contributed by atoms with E-state index in [9.17, 15) is 4.39 Å². The first-order valence-corrected chi connectivity index (χ1v) is 5.22. The Hall–Kier alpha value is -0.930. The van der Waals surface area contributed by atoms with E-state index in [2.05, 4.69) is 5.32 Å². The van der Waals surface area contributed by atoms with E-state index >= 15 is 0 Å². The smallest absolute Gasteiger partial charge is 0.123 e. The molecule has 1 N–H and O–H groups in total. The van der Waals surface area contributed by atoms with Gasteiger partial charge in [0.15, 0.2) is 0 Å². The number of nitrogens with one attached hydrogen (secondary N) is 1. The zero-order valence-corrected chi connectivity index (χ0v) is 9.29. The fourth-order valence-corrected chi connectivity index (χ4v) is 1.43. The highest BCUT2D eigenvalue weighted by Gasteiger charge is 2.04. The second-order valence-electron chi connectivity index (χ2n) is 3.58. The van der Waals surface area contributed by atoms with Crippen LogP contribution in [0.4, 0.5) is 4.39 Å². The zero-order valence-electron chi connectivity index (χ0n) is 9.29. The average Bonchev–Trinajstić information content (AvgIpc) is 2.24. The highest BCUT2D eigenvalue weighted by Crippen LogP contribution is 2.12. The van der Waals surface area contributed by atoms with Gasteiger partial charge in [-0.05, 0) is 37.6 Å². The molecule has 0 aliphatic carbocycles. The van der Waals surface area contributed by atoms with Crippen LogP contribution in [0.25, 0.3) is 0 Å². The number of benzene rings is 1. The lowest BCUT2D eigenvalue weighted by molar-refractivity contribution is 0.193. The number of methoxy groups -OCH3 is 1. The molecule has 0 aromatic heterocycles. The molecule has 0 spiro atoms. The van der Waals surface area contributed by atoms with E-state index in [1.54, 1.807) is 19.2 Å². The van der Waals surface area contributed by atoms with Gasteiger partial charge in [0.2, 0.25) is 0 Å². The normalized spacial score (nSPS) is 12.7. The van der Waals surface area contributed by atoms with Crippen molar-refractivity contribution in [1.82, 2.24) is 5.32 Å². The van der Waals surface area contributed by atoms with Crippen LogP contribution in [-0.2, 0) is 4.74 Å². The predicted octanol–water partition coefficient (Wildman–Crippen LogP) is 2.51. The van der Waals surface area contributed by atoms with Gasteiger partial charge in [0.1, 0.15) is 5.82 Å². The van der Waals surface area contributed by atoms with E-state index in [1.807, 2.05) is 13.0 Å². The Morgan fingerprint density at radius 1 is 1.47 bits per heavy atom. The van der Waals surface area contributed by atoms with Crippen LogP contribution in [0.2, 0.25) is 0 Å². The Kier molecular flexibility index (Phi) is 5.29. The molecular weight excluding hydrogens is 193 g/mol. The Labute approximate surface area is 90.4 Å². The van der Waals surface area contributed by atoms with Gasteiger partial charge in [-0.3, -0.25) is 0 Å². The highest BCUT2D eigenvalue weighted by atomic mass is 19.1. The molecule has 1 unspecified atom stereocenters. The van der Waals surface area contributed by atoms with Crippen molar-refractivity contribution >= 4 is 0 Å². The van der Waals surface area contributed by atoms with Crippen LogP contribution in [0, 0.1) is 5.82 Å². The molecule has 84 valence electrons. The molecule has 0 bridgehead atoms. The summed E-state index contributed by atoms with van der Waals surface area (Å²) >= 11 is 0. The minimum absolute atomic E-state index is 0.178. The topological polar surface area (TPSA) is 21.3 Å². The van der Waals surface area contributed by atoms with Gasteiger partial charge in [0.25, 0.3) is 0 Å². The monoisotopic (exact) mass is 211 g/mol. The third kappa shape index (κ3) is 4.40. The quantitative estimate of drug-likeness (QED) is 0.730. The number of rotatable bonds is 6. The molecular formula is C12H18FNO. The van der Waals surface area contributed by atoms with Crippen molar-refractivity contribution in [2.24, 2.45) is 0 Å². The molecule has 0 radical (unpaired) electrons. The molecule has 0 amide bonds. The summed E-state index contributed by atoms with van der Waals surface area (Å²) in [6.07, 6.45) is 0.968. The van der Waals surface area contributed by atoms with E-state index in [1.165, 1.54) is 6.07 Å². The molecule has 0 saturated heterocycles. The van der Waals surface area contributed by atoms with Gasteiger partial charge in [-0.15, -0.1) is 0 Å². The Bertz CT molecular complexity index is 291. The first-order valence-electron chi connectivity index (χ1n) is 5.22. The number of hydrogen-bond acceptors (Lipinski definition) is 2. The summed E-state index contributed by atoms with van der Waals surface area (Å²) in [5.74, 6) is -0.182. The largest absolute Gasteiger partial charge is 0.385 e. The van der Waals surface area contributed by atoms with Gasteiger partial charge in [-0.1, -0.05) is 12.1 Å². The summed E-state index contributed by atoms with van der Waals surface area (Å²) in [6, 6.07) is 6.86. The van der Waals surface area contributed by atoms with Crippen LogP contribution in [0.5, 0.6) is 0 Å². The maximum atomic E-state index is 12.9. The summed E-state index contributed by atoms with van der Waals surface area (Å²) in [5, 5.41) is 3.31. The fraction of sp³-hybridized carbons (Fsp3) is 0.500. The van der Waals surface area contributed by atoms with E-state index in [-0.39, 0.29) is 11.9 Å². The van der Waals surface area contributed by atoms with Crippen molar-refractivity contribution in [1.29, 1.82) is 0 Å². The predicted molar refractivity (Wildman–Crippen MR) is 59.3 cm³/mol. The van der Waals surface area contributed by atoms with Crippen LogP contribution in [-0.4, -0.2) is 20.3 Å². The molecule has 0 aliphatic heterocycles. The molecule has 3 heteroatoms. The Morgan fingerprint density at radius 3 is 2.93 bits per heavy atom. The highest BCUT2D eigenvalue weighted by molar-refractivity contribution is 5.19. The lowest BCUT2D eigenvalue weighted by atomic mass is 10.1. The van der Waals surface area contributed by atoms with E-state index in [0.29, 0.717) is 0 Å². The maximum absolute atomic E-state index is 12.9. The van der Waals surface area contributed by atoms with Crippen LogP contribution < -0.4 is 5.32 Å². The van der Waals surface area contributed by atoms with Crippen molar-refractivity contribution in [3.8, 4) is 0 Å². The summed E-state index contributed by atoms with van der Waals surface area (Å²) < 4.78 is 17.9. The van der Waals surface area contributed by atoms with E-state index in [4.69, 9.17) is 4.74 Å². The molecule has 0 aliphatic rings. The third-order valence-electron chi connectivity index (χ3n) is 2.32.